The van der Waals surface area contributed by atoms with Crippen LogP contribution in [0.1, 0.15) is 29.7 Å². The zero-order valence-electron chi connectivity index (χ0n) is 10.9. The van der Waals surface area contributed by atoms with E-state index in [1.165, 1.54) is 16.5 Å². The van der Waals surface area contributed by atoms with Crippen LogP contribution in [0.3, 0.4) is 0 Å². The number of aromatic nitrogens is 1. The third kappa shape index (κ3) is 2.07. The van der Waals surface area contributed by atoms with E-state index in [1.807, 2.05) is 0 Å². The molecule has 5 heteroatoms. The number of aryl methyl sites for hydroxylation is 2. The quantitative estimate of drug-likeness (QED) is 0.412. The van der Waals surface area contributed by atoms with Crippen LogP contribution in [0.2, 0.25) is 0 Å². The van der Waals surface area contributed by atoms with Gasteiger partial charge < -0.3 is 16.5 Å². The van der Waals surface area contributed by atoms with Crippen molar-refractivity contribution in [3.8, 4) is 0 Å². The maximum absolute atomic E-state index is 5.34. The fraction of sp³-hybridized carbons (Fsp3) is 0.286. The lowest BCUT2D eigenvalue weighted by molar-refractivity contribution is 0.836. The second-order valence-corrected chi connectivity index (χ2v) is 4.95. The lowest BCUT2D eigenvalue weighted by atomic mass is 9.94. The molecular formula is C14H17N5. The van der Waals surface area contributed by atoms with Gasteiger partial charge in [-0.3, -0.25) is 0 Å². The Hall–Kier alpha value is -2.30. The molecule has 0 aliphatic heterocycles. The molecule has 0 bridgehead atoms. The van der Waals surface area contributed by atoms with Gasteiger partial charge in [0.05, 0.1) is 11.4 Å². The number of benzene rings is 1. The Labute approximate surface area is 111 Å². The largest absolute Gasteiger partial charge is 0.369 e. The zero-order chi connectivity index (χ0) is 13.4. The monoisotopic (exact) mass is 255 g/mol. The maximum Gasteiger partial charge on any atom is 0.211 e. The molecular weight excluding hydrogens is 238 g/mol. The van der Waals surface area contributed by atoms with Crippen molar-refractivity contribution < 1.29 is 0 Å². The molecule has 1 aliphatic rings. The van der Waals surface area contributed by atoms with E-state index in [-0.39, 0.29) is 5.96 Å². The molecule has 0 fully saturated rings. The summed E-state index contributed by atoms with van der Waals surface area (Å²) in [6, 6.07) is 6.44. The van der Waals surface area contributed by atoms with Crippen LogP contribution in [0.15, 0.2) is 28.4 Å². The Morgan fingerprint density at radius 3 is 2.89 bits per heavy atom. The molecule has 0 atom stereocenters. The molecule has 5 nitrogen and oxygen atoms in total. The third-order valence-electron chi connectivity index (χ3n) is 3.48. The van der Waals surface area contributed by atoms with E-state index in [0.717, 1.165) is 36.2 Å². The number of nitrogens with two attached hydrogens (primary N) is 2. The Kier molecular flexibility index (Phi) is 2.74. The topological polar surface area (TPSA) is 92.5 Å². The van der Waals surface area contributed by atoms with E-state index in [4.69, 9.17) is 11.5 Å². The van der Waals surface area contributed by atoms with Crippen molar-refractivity contribution in [1.82, 2.24) is 4.98 Å². The number of fused-ring (bicyclic) bond motifs is 3. The number of nitrogens with one attached hydrogen (secondary N) is 1. The summed E-state index contributed by atoms with van der Waals surface area (Å²) in [4.78, 5) is 3.44. The Bertz CT molecular complexity index is 689. The number of hydrogen-bond acceptors (Lipinski definition) is 2. The molecule has 0 unspecified atom stereocenters. The van der Waals surface area contributed by atoms with Gasteiger partial charge in [-0.1, -0.05) is 11.6 Å². The lowest BCUT2D eigenvalue weighted by Crippen LogP contribution is -2.22. The van der Waals surface area contributed by atoms with Crippen LogP contribution in [0.25, 0.3) is 10.9 Å². The van der Waals surface area contributed by atoms with Crippen molar-refractivity contribution in [3.05, 3.63) is 35.0 Å². The van der Waals surface area contributed by atoms with Gasteiger partial charge in [-0.15, -0.1) is 10.2 Å². The van der Waals surface area contributed by atoms with Crippen molar-refractivity contribution in [2.24, 2.45) is 21.7 Å². The predicted octanol–water partition coefficient (Wildman–Crippen LogP) is 1.79. The van der Waals surface area contributed by atoms with E-state index >= 15 is 0 Å². The first-order valence-electron chi connectivity index (χ1n) is 6.42. The van der Waals surface area contributed by atoms with E-state index in [2.05, 4.69) is 40.3 Å². The molecule has 0 radical (unpaired) electrons. The molecule has 1 aromatic carbocycles. The van der Waals surface area contributed by atoms with Gasteiger partial charge in [-0.05, 0) is 43.9 Å². The van der Waals surface area contributed by atoms with E-state index in [9.17, 15) is 0 Å². The summed E-state index contributed by atoms with van der Waals surface area (Å²) >= 11 is 0. The van der Waals surface area contributed by atoms with Crippen LogP contribution in [-0.2, 0) is 6.42 Å². The molecule has 98 valence electrons. The highest BCUT2D eigenvalue weighted by Crippen LogP contribution is 2.30. The summed E-state index contributed by atoms with van der Waals surface area (Å²) in [5, 5.41) is 9.22. The average molecular weight is 255 g/mol. The highest BCUT2D eigenvalue weighted by molar-refractivity contribution is 6.06. The first kappa shape index (κ1) is 11.8. The normalized spacial score (nSPS) is 16.6. The van der Waals surface area contributed by atoms with Crippen molar-refractivity contribution in [2.45, 2.75) is 26.2 Å². The molecule has 1 aliphatic carbocycles. The minimum atomic E-state index is -0.00780. The van der Waals surface area contributed by atoms with Crippen molar-refractivity contribution in [1.29, 1.82) is 0 Å². The van der Waals surface area contributed by atoms with Crippen LogP contribution < -0.4 is 11.5 Å². The number of nitrogens with zero attached hydrogens (tertiary/aromatic N) is 2. The number of guanidine groups is 1. The summed E-state index contributed by atoms with van der Waals surface area (Å²) < 4.78 is 0. The van der Waals surface area contributed by atoms with Crippen LogP contribution in [-0.4, -0.2) is 16.7 Å². The van der Waals surface area contributed by atoms with Crippen molar-refractivity contribution >= 4 is 22.6 Å². The summed E-state index contributed by atoms with van der Waals surface area (Å²) in [5.41, 5.74) is 16.4. The van der Waals surface area contributed by atoms with Crippen LogP contribution in [0.5, 0.6) is 0 Å². The first-order valence-corrected chi connectivity index (χ1v) is 6.42. The van der Waals surface area contributed by atoms with Gasteiger partial charge in [-0.2, -0.15) is 0 Å². The molecule has 0 saturated carbocycles. The third-order valence-corrected chi connectivity index (χ3v) is 3.48. The Morgan fingerprint density at radius 1 is 1.26 bits per heavy atom. The second-order valence-electron chi connectivity index (χ2n) is 4.95. The molecule has 0 spiro atoms. The van der Waals surface area contributed by atoms with Gasteiger partial charge in [0, 0.05) is 10.9 Å². The molecule has 19 heavy (non-hydrogen) atoms. The van der Waals surface area contributed by atoms with Crippen molar-refractivity contribution in [2.75, 3.05) is 0 Å². The molecule has 2 aromatic rings. The van der Waals surface area contributed by atoms with Crippen LogP contribution >= 0.6 is 0 Å². The fourth-order valence-corrected chi connectivity index (χ4v) is 2.64. The van der Waals surface area contributed by atoms with Gasteiger partial charge in [0.25, 0.3) is 0 Å². The summed E-state index contributed by atoms with van der Waals surface area (Å²) in [6.45, 7) is 2.11. The zero-order valence-corrected chi connectivity index (χ0v) is 10.9. The highest BCUT2D eigenvalue weighted by Gasteiger charge is 2.20. The molecule has 1 aromatic heterocycles. The van der Waals surface area contributed by atoms with Crippen LogP contribution in [0, 0.1) is 6.92 Å². The van der Waals surface area contributed by atoms with Crippen LogP contribution in [0.4, 0.5) is 0 Å². The minimum absolute atomic E-state index is 0.00780. The maximum atomic E-state index is 5.34. The standard InChI is InChI=1S/C14H17N5/c1-8-5-6-11-10(7-8)9-3-2-4-12(13(9)17-11)18-19-14(15)16/h5-7,17H,2-4H2,1H3,(H4,15,16,19)/b18-12+. The predicted molar refractivity (Wildman–Crippen MR) is 78.3 cm³/mol. The average Bonchev–Trinajstić information content (AvgIpc) is 2.75. The van der Waals surface area contributed by atoms with Gasteiger partial charge in [-0.25, -0.2) is 0 Å². The molecule has 1 heterocycles. The minimum Gasteiger partial charge on any atom is -0.369 e. The summed E-state index contributed by atoms with van der Waals surface area (Å²) in [5.74, 6) is -0.00780. The lowest BCUT2D eigenvalue weighted by Gasteiger charge is -2.12. The SMILES string of the molecule is Cc1ccc2[nH]c3c(c2c1)CCC/C3=N\N=C(N)N. The number of H-pyrrole nitrogens is 1. The number of aromatic amines is 1. The summed E-state index contributed by atoms with van der Waals surface area (Å²) in [7, 11) is 0. The molecule has 0 saturated heterocycles. The van der Waals surface area contributed by atoms with E-state index in [0.29, 0.717) is 0 Å². The van der Waals surface area contributed by atoms with Gasteiger partial charge in [0.2, 0.25) is 5.96 Å². The van der Waals surface area contributed by atoms with Crippen molar-refractivity contribution in [3.63, 3.8) is 0 Å². The highest BCUT2D eigenvalue weighted by atomic mass is 15.3. The van der Waals surface area contributed by atoms with E-state index in [1.54, 1.807) is 0 Å². The fourth-order valence-electron chi connectivity index (χ4n) is 2.64. The Balaban J connectivity index is 2.18. The first-order chi connectivity index (χ1) is 9.15. The molecule has 3 rings (SSSR count). The summed E-state index contributed by atoms with van der Waals surface area (Å²) in [6.07, 6.45) is 3.04. The van der Waals surface area contributed by atoms with E-state index < -0.39 is 0 Å². The molecule has 5 N–H and O–H groups in total. The Morgan fingerprint density at radius 2 is 2.11 bits per heavy atom. The molecule has 0 amide bonds. The smallest absolute Gasteiger partial charge is 0.211 e. The van der Waals surface area contributed by atoms with Gasteiger partial charge in [0.15, 0.2) is 0 Å². The number of rotatable bonds is 1. The number of hydrogen-bond donors (Lipinski definition) is 3. The van der Waals surface area contributed by atoms with Gasteiger partial charge in [0.1, 0.15) is 0 Å². The van der Waals surface area contributed by atoms with Gasteiger partial charge >= 0.3 is 0 Å². The second kappa shape index (κ2) is 4.42.